The Balaban J connectivity index is 2.01. The molecule has 0 amide bonds. The molecule has 0 fully saturated rings. The van der Waals surface area contributed by atoms with Crippen LogP contribution in [0.3, 0.4) is 0 Å². The van der Waals surface area contributed by atoms with E-state index in [0.29, 0.717) is 24.3 Å². The molecule has 0 saturated carbocycles. The molecule has 0 saturated heterocycles. The van der Waals surface area contributed by atoms with Crippen molar-refractivity contribution in [2.75, 3.05) is 0 Å². The van der Waals surface area contributed by atoms with E-state index in [1.165, 1.54) is 58.2 Å². The molecule has 0 radical (unpaired) electrons. The van der Waals surface area contributed by atoms with Crippen LogP contribution in [0.2, 0.25) is 0 Å². The van der Waals surface area contributed by atoms with Crippen molar-refractivity contribution in [1.29, 1.82) is 0 Å². The van der Waals surface area contributed by atoms with Crippen LogP contribution in [-0.2, 0) is 19.6 Å². The van der Waals surface area contributed by atoms with Crippen molar-refractivity contribution in [3.05, 3.63) is 72.7 Å². The number of fused-ring (bicyclic) bond motifs is 1. The first-order chi connectivity index (χ1) is 15.1. The van der Waals surface area contributed by atoms with Crippen LogP contribution in [0.15, 0.2) is 54.7 Å². The molecule has 4 rings (SSSR count). The molecule has 32 heavy (non-hydrogen) atoms. The maximum atomic E-state index is 13.6. The maximum Gasteiger partial charge on any atom is 0.416 e. The molecule has 5 nitrogen and oxygen atoms in total. The van der Waals surface area contributed by atoms with Crippen molar-refractivity contribution in [1.82, 2.24) is 14.1 Å². The Hall–Kier alpha value is -2.37. The van der Waals surface area contributed by atoms with Gasteiger partial charge in [-0.05, 0) is 25.5 Å². The van der Waals surface area contributed by atoms with E-state index < -0.39 is 23.0 Å². The van der Waals surface area contributed by atoms with E-state index in [-0.39, 0.29) is 18.0 Å². The highest BCUT2D eigenvalue weighted by Crippen LogP contribution is 2.43. The molecule has 0 aliphatic carbocycles. The Labute approximate surface area is 193 Å². The number of rotatable bonds is 5. The fourth-order valence-electron chi connectivity index (χ4n) is 3.46. The lowest BCUT2D eigenvalue weighted by molar-refractivity contribution is -0.138. The smallest absolute Gasteiger partial charge is 0.282 e. The van der Waals surface area contributed by atoms with Crippen LogP contribution in [0.5, 0.6) is 0 Å². The molecule has 0 unspecified atom stereocenters. The first kappa shape index (κ1) is 22.8. The minimum absolute atomic E-state index is 0.0157. The number of aromatic nitrogens is 3. The highest BCUT2D eigenvalue weighted by atomic mass is 32.2. The second kappa shape index (κ2) is 8.53. The summed E-state index contributed by atoms with van der Waals surface area (Å²) in [6, 6.07) is 5.19. The van der Waals surface area contributed by atoms with E-state index in [4.69, 9.17) is 0 Å². The summed E-state index contributed by atoms with van der Waals surface area (Å²) in [5.74, 6) is 0. The van der Waals surface area contributed by atoms with E-state index in [2.05, 4.69) is 4.98 Å². The second-order valence-corrected chi connectivity index (χ2v) is 10.6. The van der Waals surface area contributed by atoms with Gasteiger partial charge in [0.25, 0.3) is 5.56 Å². The maximum absolute atomic E-state index is 13.6. The number of halogens is 3. The van der Waals surface area contributed by atoms with Gasteiger partial charge in [-0.25, -0.2) is 9.78 Å². The van der Waals surface area contributed by atoms with Crippen LogP contribution >= 0.6 is 34.4 Å². The average Bonchev–Trinajstić information content (AvgIpc) is 3.35. The lowest BCUT2D eigenvalue weighted by Gasteiger charge is -2.12. The molecule has 168 valence electrons. The zero-order valence-electron chi connectivity index (χ0n) is 17.3. The lowest BCUT2D eigenvalue weighted by atomic mass is 10.0. The van der Waals surface area contributed by atoms with Crippen LogP contribution in [0.25, 0.3) is 10.2 Å². The van der Waals surface area contributed by atoms with Gasteiger partial charge < -0.3 is 0 Å². The van der Waals surface area contributed by atoms with Crippen molar-refractivity contribution in [2.24, 2.45) is 7.05 Å². The molecular formula is C21H18F3N3O2S3. The summed E-state index contributed by atoms with van der Waals surface area (Å²) < 4.78 is 44.0. The SMILES string of the molecule is CC(C)n1c(=O)n(C)c(=O)c2c(Sc3nccs3)c(Cc3ccccc3C(F)(F)F)sc21. The van der Waals surface area contributed by atoms with Crippen LogP contribution in [0, 0.1) is 0 Å². The van der Waals surface area contributed by atoms with E-state index >= 15 is 0 Å². The van der Waals surface area contributed by atoms with Crippen LogP contribution < -0.4 is 11.2 Å². The van der Waals surface area contributed by atoms with Crippen molar-refractivity contribution in [2.45, 2.75) is 41.7 Å². The van der Waals surface area contributed by atoms with Gasteiger partial charge in [-0.15, -0.1) is 22.7 Å². The summed E-state index contributed by atoms with van der Waals surface area (Å²) in [7, 11) is 1.41. The fourth-order valence-corrected chi connectivity index (χ4v) is 6.84. The summed E-state index contributed by atoms with van der Waals surface area (Å²) in [6.07, 6.45) is -2.88. The molecular weight excluding hydrogens is 479 g/mol. The Kier molecular flexibility index (Phi) is 6.08. The zero-order valence-corrected chi connectivity index (χ0v) is 19.7. The van der Waals surface area contributed by atoms with Gasteiger partial charge in [0.2, 0.25) is 0 Å². The molecule has 3 heterocycles. The molecule has 0 atom stereocenters. The predicted octanol–water partition coefficient (Wildman–Crippen LogP) is 5.56. The number of thiophene rings is 1. The number of benzene rings is 1. The Morgan fingerprint density at radius 3 is 2.53 bits per heavy atom. The average molecular weight is 498 g/mol. The molecule has 0 aliphatic rings. The third-order valence-electron chi connectivity index (χ3n) is 4.93. The Morgan fingerprint density at radius 2 is 1.91 bits per heavy atom. The van der Waals surface area contributed by atoms with E-state index in [1.807, 2.05) is 13.8 Å². The molecule has 1 aromatic carbocycles. The number of nitrogens with zero attached hydrogens (tertiary/aromatic N) is 3. The first-order valence-electron chi connectivity index (χ1n) is 9.59. The van der Waals surface area contributed by atoms with Gasteiger partial charge in [-0.2, -0.15) is 13.2 Å². The number of hydrogen-bond donors (Lipinski definition) is 0. The van der Waals surface area contributed by atoms with Crippen molar-refractivity contribution >= 4 is 44.7 Å². The largest absolute Gasteiger partial charge is 0.416 e. The number of hydrogen-bond acceptors (Lipinski definition) is 6. The van der Waals surface area contributed by atoms with Gasteiger partial charge >= 0.3 is 11.9 Å². The first-order valence-corrected chi connectivity index (χ1v) is 12.1. The summed E-state index contributed by atoms with van der Waals surface area (Å²) in [5, 5.41) is 2.13. The van der Waals surface area contributed by atoms with Crippen LogP contribution in [0.4, 0.5) is 13.2 Å². The monoisotopic (exact) mass is 497 g/mol. The molecule has 0 spiro atoms. The molecule has 0 N–H and O–H groups in total. The van der Waals surface area contributed by atoms with Crippen molar-refractivity contribution in [3.63, 3.8) is 0 Å². The van der Waals surface area contributed by atoms with Crippen molar-refractivity contribution < 1.29 is 13.2 Å². The van der Waals surface area contributed by atoms with E-state index in [1.54, 1.807) is 17.6 Å². The molecule has 3 aromatic heterocycles. The third-order valence-corrected chi connectivity index (χ3v) is 8.29. The highest BCUT2D eigenvalue weighted by molar-refractivity contribution is 8.01. The Morgan fingerprint density at radius 1 is 1.19 bits per heavy atom. The molecule has 11 heteroatoms. The van der Waals surface area contributed by atoms with Crippen LogP contribution in [0.1, 0.15) is 35.9 Å². The van der Waals surface area contributed by atoms with E-state index in [0.717, 1.165) is 10.6 Å². The third kappa shape index (κ3) is 4.04. The van der Waals surface area contributed by atoms with Gasteiger partial charge in [0.05, 0.1) is 10.9 Å². The van der Waals surface area contributed by atoms with Gasteiger partial charge in [-0.1, -0.05) is 30.0 Å². The van der Waals surface area contributed by atoms with Crippen molar-refractivity contribution in [3.8, 4) is 0 Å². The quantitative estimate of drug-likeness (QED) is 0.362. The topological polar surface area (TPSA) is 56.9 Å². The summed E-state index contributed by atoms with van der Waals surface area (Å²) >= 11 is 3.81. The summed E-state index contributed by atoms with van der Waals surface area (Å²) in [5.41, 5.74) is -1.51. The minimum Gasteiger partial charge on any atom is -0.282 e. The Bertz CT molecular complexity index is 1400. The van der Waals surface area contributed by atoms with Gasteiger partial charge in [0.15, 0.2) is 4.34 Å². The van der Waals surface area contributed by atoms with E-state index in [9.17, 15) is 22.8 Å². The van der Waals surface area contributed by atoms with Gasteiger partial charge in [0, 0.05) is 40.9 Å². The zero-order chi connectivity index (χ0) is 23.2. The fraction of sp³-hybridized carbons (Fsp3) is 0.286. The number of alkyl halides is 3. The standard InChI is InChI=1S/C21H18F3N3O2S3/c1-11(2)27-18-15(17(28)26(3)20(27)29)16(32-19-25-8-9-30-19)14(31-18)10-12-6-4-5-7-13(12)21(22,23)24/h4-9,11H,10H2,1-3H3. The summed E-state index contributed by atoms with van der Waals surface area (Å²) in [4.78, 5) is 31.8. The lowest BCUT2D eigenvalue weighted by Crippen LogP contribution is -2.38. The normalized spacial score (nSPS) is 12.2. The molecule has 4 aromatic rings. The second-order valence-electron chi connectivity index (χ2n) is 7.38. The molecule has 0 bridgehead atoms. The minimum atomic E-state index is -4.49. The van der Waals surface area contributed by atoms with Crippen LogP contribution in [-0.4, -0.2) is 14.1 Å². The number of thiazole rings is 1. The summed E-state index contributed by atoms with van der Waals surface area (Å²) in [6.45, 7) is 3.66. The molecule has 0 aliphatic heterocycles. The van der Waals surface area contributed by atoms with Gasteiger partial charge in [-0.3, -0.25) is 13.9 Å². The predicted molar refractivity (Wildman–Crippen MR) is 122 cm³/mol. The highest BCUT2D eigenvalue weighted by Gasteiger charge is 2.33. The van der Waals surface area contributed by atoms with Gasteiger partial charge in [0.1, 0.15) is 4.83 Å².